The van der Waals surface area contributed by atoms with Crippen molar-refractivity contribution in [1.82, 2.24) is 0 Å². The van der Waals surface area contributed by atoms with Crippen molar-refractivity contribution >= 4 is 39.7 Å². The fraction of sp³-hybridized carbons (Fsp3) is 0. The van der Waals surface area contributed by atoms with Gasteiger partial charge in [-0.3, -0.25) is 0 Å². The van der Waals surface area contributed by atoms with Crippen molar-refractivity contribution in [3.05, 3.63) is 51.6 Å². The maximum atomic E-state index is 13.2. The van der Waals surface area contributed by atoms with Crippen LogP contribution in [0.15, 0.2) is 36.4 Å². The zero-order valence-corrected chi connectivity index (χ0v) is 10.8. The Morgan fingerprint density at radius 2 is 1.71 bits per heavy atom. The van der Waals surface area contributed by atoms with Crippen LogP contribution in [0.5, 0.6) is 0 Å². The molecule has 0 amide bonds. The molecule has 0 fully saturated rings. The van der Waals surface area contributed by atoms with Crippen LogP contribution in [-0.2, 0) is 0 Å². The number of anilines is 3. The Morgan fingerprint density at radius 1 is 1.06 bits per heavy atom. The van der Waals surface area contributed by atoms with Crippen LogP contribution in [0.4, 0.5) is 25.8 Å². The molecule has 2 aromatic carbocycles. The number of hydrogen-bond donors (Lipinski definition) is 2. The zero-order valence-electron chi connectivity index (χ0n) is 8.68. The number of hydrogen-bond acceptors (Lipinski definition) is 2. The van der Waals surface area contributed by atoms with Gasteiger partial charge in [0, 0.05) is 15.3 Å². The third-order valence-corrected chi connectivity index (χ3v) is 2.94. The highest BCUT2D eigenvalue weighted by molar-refractivity contribution is 14.1. The molecule has 88 valence electrons. The van der Waals surface area contributed by atoms with E-state index in [9.17, 15) is 8.78 Å². The molecule has 3 N–H and O–H groups in total. The van der Waals surface area contributed by atoms with E-state index in [0.29, 0.717) is 0 Å². The molecule has 5 heteroatoms. The van der Waals surface area contributed by atoms with Gasteiger partial charge in [-0.05, 0) is 52.9 Å². The highest BCUT2D eigenvalue weighted by atomic mass is 127. The SMILES string of the molecule is Nc1c(F)cc(F)cc1Nc1ccc(I)cc1. The van der Waals surface area contributed by atoms with Crippen molar-refractivity contribution in [3.63, 3.8) is 0 Å². The molecular formula is C12H9F2IN2. The summed E-state index contributed by atoms with van der Waals surface area (Å²) in [4.78, 5) is 0. The highest BCUT2D eigenvalue weighted by Crippen LogP contribution is 2.27. The second kappa shape index (κ2) is 4.87. The molecule has 0 spiro atoms. The Balaban J connectivity index is 2.32. The van der Waals surface area contributed by atoms with E-state index in [1.54, 1.807) is 0 Å². The highest BCUT2D eigenvalue weighted by Gasteiger charge is 2.08. The lowest BCUT2D eigenvalue weighted by atomic mass is 10.2. The van der Waals surface area contributed by atoms with E-state index in [0.717, 1.165) is 21.4 Å². The molecule has 0 atom stereocenters. The third kappa shape index (κ3) is 2.85. The molecule has 0 aliphatic rings. The summed E-state index contributed by atoms with van der Waals surface area (Å²) >= 11 is 2.17. The Labute approximate surface area is 111 Å². The number of nitrogens with one attached hydrogen (secondary N) is 1. The molecule has 0 aliphatic heterocycles. The second-order valence-electron chi connectivity index (χ2n) is 3.48. The van der Waals surface area contributed by atoms with Crippen LogP contribution in [0.3, 0.4) is 0 Å². The number of benzene rings is 2. The van der Waals surface area contributed by atoms with Gasteiger partial charge in [-0.15, -0.1) is 0 Å². The minimum atomic E-state index is -0.766. The van der Waals surface area contributed by atoms with Crippen LogP contribution >= 0.6 is 22.6 Å². The maximum Gasteiger partial charge on any atom is 0.151 e. The molecular weight excluding hydrogens is 337 g/mol. The van der Waals surface area contributed by atoms with Gasteiger partial charge in [0.25, 0.3) is 0 Å². The minimum Gasteiger partial charge on any atom is -0.395 e. The number of halogens is 3. The lowest BCUT2D eigenvalue weighted by molar-refractivity contribution is 0.587. The van der Waals surface area contributed by atoms with Crippen LogP contribution in [0.1, 0.15) is 0 Å². The first-order valence-corrected chi connectivity index (χ1v) is 5.91. The predicted molar refractivity (Wildman–Crippen MR) is 73.2 cm³/mol. The molecule has 2 nitrogen and oxygen atoms in total. The smallest absolute Gasteiger partial charge is 0.151 e. The standard InChI is InChI=1S/C12H9F2IN2/c13-7-5-10(14)12(16)11(6-7)17-9-3-1-8(15)2-4-9/h1-6,17H,16H2. The summed E-state index contributed by atoms with van der Waals surface area (Å²) in [5.74, 6) is -1.43. The fourth-order valence-corrected chi connectivity index (χ4v) is 1.74. The monoisotopic (exact) mass is 346 g/mol. The fourth-order valence-electron chi connectivity index (χ4n) is 1.38. The van der Waals surface area contributed by atoms with E-state index < -0.39 is 11.6 Å². The summed E-state index contributed by atoms with van der Waals surface area (Å²) < 4.78 is 27.3. The van der Waals surface area contributed by atoms with Gasteiger partial charge >= 0.3 is 0 Å². The van der Waals surface area contributed by atoms with Crippen molar-refractivity contribution in [3.8, 4) is 0 Å². The molecule has 0 unspecified atom stereocenters. The normalized spacial score (nSPS) is 10.3. The summed E-state index contributed by atoms with van der Waals surface area (Å²) in [6.07, 6.45) is 0. The van der Waals surface area contributed by atoms with Gasteiger partial charge < -0.3 is 11.1 Å². The van der Waals surface area contributed by atoms with Gasteiger partial charge in [0.2, 0.25) is 0 Å². The summed E-state index contributed by atoms with van der Waals surface area (Å²) in [6.45, 7) is 0. The molecule has 0 saturated heterocycles. The summed E-state index contributed by atoms with van der Waals surface area (Å²) in [5, 5.41) is 2.87. The first kappa shape index (κ1) is 12.1. The molecule has 0 radical (unpaired) electrons. The van der Waals surface area contributed by atoms with E-state index in [4.69, 9.17) is 5.73 Å². The van der Waals surface area contributed by atoms with E-state index in [1.807, 2.05) is 24.3 Å². The molecule has 0 heterocycles. The zero-order chi connectivity index (χ0) is 12.4. The van der Waals surface area contributed by atoms with Gasteiger partial charge in [-0.1, -0.05) is 0 Å². The van der Waals surface area contributed by atoms with Crippen LogP contribution in [0.25, 0.3) is 0 Å². The molecule has 17 heavy (non-hydrogen) atoms. The Bertz CT molecular complexity index is 541. The Morgan fingerprint density at radius 3 is 2.35 bits per heavy atom. The number of nitrogen functional groups attached to an aromatic ring is 1. The third-order valence-electron chi connectivity index (χ3n) is 2.22. The van der Waals surface area contributed by atoms with Gasteiger partial charge in [0.1, 0.15) is 5.82 Å². The summed E-state index contributed by atoms with van der Waals surface area (Å²) in [7, 11) is 0. The molecule has 0 bridgehead atoms. The van der Waals surface area contributed by atoms with Crippen LogP contribution in [0, 0.1) is 15.2 Å². The van der Waals surface area contributed by atoms with E-state index in [-0.39, 0.29) is 11.4 Å². The second-order valence-corrected chi connectivity index (χ2v) is 4.73. The molecule has 0 aromatic heterocycles. The topological polar surface area (TPSA) is 38.0 Å². The molecule has 0 aliphatic carbocycles. The van der Waals surface area contributed by atoms with Crippen molar-refractivity contribution in [1.29, 1.82) is 0 Å². The van der Waals surface area contributed by atoms with Crippen molar-refractivity contribution in [2.45, 2.75) is 0 Å². The lowest BCUT2D eigenvalue weighted by Gasteiger charge is -2.10. The average molecular weight is 346 g/mol. The number of rotatable bonds is 2. The van der Waals surface area contributed by atoms with Crippen LogP contribution < -0.4 is 11.1 Å². The average Bonchev–Trinajstić information content (AvgIpc) is 2.28. The molecule has 2 rings (SSSR count). The van der Waals surface area contributed by atoms with Gasteiger partial charge in [-0.2, -0.15) is 0 Å². The summed E-state index contributed by atoms with van der Waals surface area (Å²) in [6, 6.07) is 9.31. The first-order chi connectivity index (χ1) is 8.06. The van der Waals surface area contributed by atoms with Gasteiger partial charge in [0.05, 0.1) is 11.4 Å². The largest absolute Gasteiger partial charge is 0.395 e. The molecule has 2 aromatic rings. The van der Waals surface area contributed by atoms with Crippen molar-refractivity contribution < 1.29 is 8.78 Å². The Hall–Kier alpha value is -1.37. The van der Waals surface area contributed by atoms with E-state index >= 15 is 0 Å². The summed E-state index contributed by atoms with van der Waals surface area (Å²) in [5.41, 5.74) is 6.38. The van der Waals surface area contributed by atoms with Gasteiger partial charge in [-0.25, -0.2) is 8.78 Å². The minimum absolute atomic E-state index is 0.0926. The molecule has 0 saturated carbocycles. The predicted octanol–water partition coefficient (Wildman–Crippen LogP) is 3.90. The van der Waals surface area contributed by atoms with Crippen molar-refractivity contribution in [2.24, 2.45) is 0 Å². The van der Waals surface area contributed by atoms with E-state index in [2.05, 4.69) is 27.9 Å². The Kier molecular flexibility index (Phi) is 3.46. The first-order valence-electron chi connectivity index (χ1n) is 4.83. The maximum absolute atomic E-state index is 13.2. The van der Waals surface area contributed by atoms with E-state index in [1.165, 1.54) is 0 Å². The lowest BCUT2D eigenvalue weighted by Crippen LogP contribution is -2.00. The quantitative estimate of drug-likeness (QED) is 0.640. The number of nitrogens with two attached hydrogens (primary N) is 1. The van der Waals surface area contributed by atoms with Gasteiger partial charge in [0.15, 0.2) is 5.82 Å². The van der Waals surface area contributed by atoms with Crippen molar-refractivity contribution in [2.75, 3.05) is 11.1 Å². The van der Waals surface area contributed by atoms with Crippen LogP contribution in [-0.4, -0.2) is 0 Å². The van der Waals surface area contributed by atoms with Crippen LogP contribution in [0.2, 0.25) is 0 Å².